The van der Waals surface area contributed by atoms with E-state index in [9.17, 15) is 4.79 Å². The molecule has 0 aliphatic heterocycles. The Hall–Kier alpha value is -3.15. The number of nitrogens with one attached hydrogen (secondary N) is 1. The van der Waals surface area contributed by atoms with Gasteiger partial charge in [0.05, 0.1) is 25.4 Å². The predicted molar refractivity (Wildman–Crippen MR) is 89.9 cm³/mol. The topological polar surface area (TPSA) is 69.0 Å². The van der Waals surface area contributed by atoms with Crippen molar-refractivity contribution in [2.75, 3.05) is 7.11 Å². The maximum Gasteiger partial charge on any atom is 0.224 e. The molecular formula is C18H18N4O2. The molecule has 0 saturated heterocycles. The predicted octanol–water partition coefficient (Wildman–Crippen LogP) is 2.13. The number of carbonyl (C=O) groups excluding carboxylic acids is 1. The van der Waals surface area contributed by atoms with Crippen LogP contribution in [0.2, 0.25) is 0 Å². The molecule has 0 atom stereocenters. The summed E-state index contributed by atoms with van der Waals surface area (Å²) in [5, 5.41) is 7.18. The van der Waals surface area contributed by atoms with Gasteiger partial charge in [-0.1, -0.05) is 18.2 Å². The molecule has 0 fully saturated rings. The van der Waals surface area contributed by atoms with Crippen molar-refractivity contribution in [3.63, 3.8) is 0 Å². The second-order valence-electron chi connectivity index (χ2n) is 5.29. The number of hydrogen-bond acceptors (Lipinski definition) is 4. The summed E-state index contributed by atoms with van der Waals surface area (Å²) in [7, 11) is 1.56. The lowest BCUT2D eigenvalue weighted by Crippen LogP contribution is -2.24. The standard InChI is InChI=1S/C18H18N4O2/c1-24-18-10-14(7-8-19-18)11-20-17(23)9-15-12-21-22(13-15)16-5-3-2-4-6-16/h2-8,10,12-13H,9,11H2,1H3,(H,20,23). The number of benzene rings is 1. The van der Waals surface area contributed by atoms with E-state index < -0.39 is 0 Å². The molecule has 1 aromatic carbocycles. The largest absolute Gasteiger partial charge is 0.481 e. The van der Waals surface area contributed by atoms with Crippen molar-refractivity contribution in [2.24, 2.45) is 0 Å². The number of hydrogen-bond donors (Lipinski definition) is 1. The van der Waals surface area contributed by atoms with Crippen LogP contribution in [-0.4, -0.2) is 27.8 Å². The van der Waals surface area contributed by atoms with E-state index in [0.717, 1.165) is 16.8 Å². The highest BCUT2D eigenvalue weighted by molar-refractivity contribution is 5.78. The molecule has 0 aliphatic carbocycles. The minimum atomic E-state index is -0.0570. The van der Waals surface area contributed by atoms with Gasteiger partial charge in [0, 0.05) is 25.0 Å². The third kappa shape index (κ3) is 3.98. The average molecular weight is 322 g/mol. The summed E-state index contributed by atoms with van der Waals surface area (Å²) in [6, 6.07) is 13.4. The van der Waals surface area contributed by atoms with Gasteiger partial charge in [0.1, 0.15) is 0 Å². The van der Waals surface area contributed by atoms with Gasteiger partial charge >= 0.3 is 0 Å². The van der Waals surface area contributed by atoms with E-state index in [1.807, 2.05) is 42.6 Å². The smallest absolute Gasteiger partial charge is 0.224 e. The molecule has 3 aromatic rings. The lowest BCUT2D eigenvalue weighted by atomic mass is 10.2. The molecule has 0 bridgehead atoms. The highest BCUT2D eigenvalue weighted by Crippen LogP contribution is 2.09. The van der Waals surface area contributed by atoms with Crippen LogP contribution in [-0.2, 0) is 17.8 Å². The fraction of sp³-hybridized carbons (Fsp3) is 0.167. The summed E-state index contributed by atoms with van der Waals surface area (Å²) in [5.74, 6) is 0.476. The summed E-state index contributed by atoms with van der Waals surface area (Å²) in [4.78, 5) is 16.1. The number of carbonyl (C=O) groups is 1. The number of amides is 1. The van der Waals surface area contributed by atoms with E-state index in [1.165, 1.54) is 0 Å². The van der Waals surface area contributed by atoms with Crippen molar-refractivity contribution in [1.29, 1.82) is 0 Å². The van der Waals surface area contributed by atoms with Crippen LogP contribution >= 0.6 is 0 Å². The SMILES string of the molecule is COc1cc(CNC(=O)Cc2cnn(-c3ccccc3)c2)ccn1. The lowest BCUT2D eigenvalue weighted by molar-refractivity contribution is -0.120. The zero-order chi connectivity index (χ0) is 16.8. The molecule has 1 amide bonds. The molecule has 2 heterocycles. The van der Waals surface area contributed by atoms with E-state index in [2.05, 4.69) is 15.4 Å². The second kappa shape index (κ2) is 7.41. The monoisotopic (exact) mass is 322 g/mol. The van der Waals surface area contributed by atoms with Crippen LogP contribution in [0.15, 0.2) is 61.1 Å². The average Bonchev–Trinajstić information content (AvgIpc) is 3.09. The molecular weight excluding hydrogens is 304 g/mol. The summed E-state index contributed by atoms with van der Waals surface area (Å²) < 4.78 is 6.83. The number of pyridine rings is 1. The molecule has 24 heavy (non-hydrogen) atoms. The molecule has 0 saturated carbocycles. The molecule has 1 N–H and O–H groups in total. The minimum Gasteiger partial charge on any atom is -0.481 e. The summed E-state index contributed by atoms with van der Waals surface area (Å²) in [5.41, 5.74) is 2.77. The summed E-state index contributed by atoms with van der Waals surface area (Å²) in [6.45, 7) is 0.435. The molecule has 3 rings (SSSR count). The van der Waals surface area contributed by atoms with Gasteiger partial charge in [0.15, 0.2) is 0 Å². The lowest BCUT2D eigenvalue weighted by Gasteiger charge is -2.05. The van der Waals surface area contributed by atoms with E-state index >= 15 is 0 Å². The van der Waals surface area contributed by atoms with Gasteiger partial charge in [-0.3, -0.25) is 4.79 Å². The summed E-state index contributed by atoms with van der Waals surface area (Å²) >= 11 is 0. The Morgan fingerprint density at radius 1 is 1.21 bits per heavy atom. The number of rotatable bonds is 6. The van der Waals surface area contributed by atoms with Crippen molar-refractivity contribution < 1.29 is 9.53 Å². The van der Waals surface area contributed by atoms with E-state index in [4.69, 9.17) is 4.74 Å². The number of methoxy groups -OCH3 is 1. The fourth-order valence-corrected chi connectivity index (χ4v) is 2.29. The number of nitrogens with zero attached hydrogens (tertiary/aromatic N) is 3. The fourth-order valence-electron chi connectivity index (χ4n) is 2.29. The van der Waals surface area contributed by atoms with Gasteiger partial charge in [-0.2, -0.15) is 5.10 Å². The quantitative estimate of drug-likeness (QED) is 0.755. The highest BCUT2D eigenvalue weighted by Gasteiger charge is 2.07. The normalized spacial score (nSPS) is 10.4. The van der Waals surface area contributed by atoms with E-state index in [1.54, 1.807) is 30.3 Å². The first-order valence-corrected chi connectivity index (χ1v) is 7.59. The van der Waals surface area contributed by atoms with Crippen molar-refractivity contribution in [3.05, 3.63) is 72.2 Å². The Morgan fingerprint density at radius 2 is 2.04 bits per heavy atom. The summed E-state index contributed by atoms with van der Waals surface area (Å²) in [6.07, 6.45) is 5.52. The van der Waals surface area contributed by atoms with Crippen molar-refractivity contribution in [2.45, 2.75) is 13.0 Å². The van der Waals surface area contributed by atoms with Crippen LogP contribution in [0.3, 0.4) is 0 Å². The molecule has 0 aliphatic rings. The Bertz CT molecular complexity index is 815. The van der Waals surface area contributed by atoms with Gasteiger partial charge in [-0.15, -0.1) is 0 Å². The van der Waals surface area contributed by atoms with Gasteiger partial charge in [0.25, 0.3) is 0 Å². The number of aromatic nitrogens is 3. The van der Waals surface area contributed by atoms with Crippen LogP contribution < -0.4 is 10.1 Å². The van der Waals surface area contributed by atoms with E-state index in [0.29, 0.717) is 12.4 Å². The molecule has 122 valence electrons. The molecule has 2 aromatic heterocycles. The minimum absolute atomic E-state index is 0.0570. The van der Waals surface area contributed by atoms with Gasteiger partial charge in [-0.05, 0) is 29.3 Å². The van der Waals surface area contributed by atoms with Crippen LogP contribution in [0.1, 0.15) is 11.1 Å². The van der Waals surface area contributed by atoms with Crippen LogP contribution in [0.4, 0.5) is 0 Å². The second-order valence-corrected chi connectivity index (χ2v) is 5.29. The Labute approximate surface area is 140 Å². The van der Waals surface area contributed by atoms with Gasteiger partial charge in [0.2, 0.25) is 11.8 Å². The number of ether oxygens (including phenoxy) is 1. The van der Waals surface area contributed by atoms with Crippen LogP contribution in [0.5, 0.6) is 5.88 Å². The Morgan fingerprint density at radius 3 is 2.83 bits per heavy atom. The van der Waals surface area contributed by atoms with Crippen molar-refractivity contribution in [1.82, 2.24) is 20.1 Å². The first kappa shape index (κ1) is 15.7. The van der Waals surface area contributed by atoms with Gasteiger partial charge < -0.3 is 10.1 Å². The van der Waals surface area contributed by atoms with Gasteiger partial charge in [-0.25, -0.2) is 9.67 Å². The molecule has 6 nitrogen and oxygen atoms in total. The number of para-hydroxylation sites is 1. The van der Waals surface area contributed by atoms with Crippen LogP contribution in [0, 0.1) is 0 Å². The third-order valence-corrected chi connectivity index (χ3v) is 3.52. The maximum absolute atomic E-state index is 12.1. The molecule has 0 spiro atoms. The highest BCUT2D eigenvalue weighted by atomic mass is 16.5. The first-order chi connectivity index (χ1) is 11.7. The Balaban J connectivity index is 1.56. The molecule has 0 radical (unpaired) electrons. The maximum atomic E-state index is 12.1. The molecule has 6 heteroatoms. The zero-order valence-corrected chi connectivity index (χ0v) is 13.3. The Kier molecular flexibility index (Phi) is 4.86. The van der Waals surface area contributed by atoms with Crippen LogP contribution in [0.25, 0.3) is 5.69 Å². The first-order valence-electron chi connectivity index (χ1n) is 7.59. The van der Waals surface area contributed by atoms with E-state index in [-0.39, 0.29) is 12.3 Å². The van der Waals surface area contributed by atoms with Crippen molar-refractivity contribution >= 4 is 5.91 Å². The van der Waals surface area contributed by atoms with Crippen molar-refractivity contribution in [3.8, 4) is 11.6 Å². The zero-order valence-electron chi connectivity index (χ0n) is 13.3. The molecule has 0 unspecified atom stereocenters. The third-order valence-electron chi connectivity index (χ3n) is 3.52.